The second-order valence-corrected chi connectivity index (χ2v) is 4.70. The number of pyridine rings is 1. The molecule has 0 aliphatic carbocycles. The number of hydrogen-bond donors (Lipinski definition) is 0. The zero-order chi connectivity index (χ0) is 11.9. The summed E-state index contributed by atoms with van der Waals surface area (Å²) in [5.41, 5.74) is -0.661. The number of hydrogen-bond acceptors (Lipinski definition) is 1. The van der Waals surface area contributed by atoms with Crippen molar-refractivity contribution < 1.29 is 13.2 Å². The number of aromatic nitrogens is 1. The summed E-state index contributed by atoms with van der Waals surface area (Å²) >= 11 is 5.78. The molecule has 0 amide bonds. The van der Waals surface area contributed by atoms with E-state index in [1.54, 1.807) is 0 Å². The summed E-state index contributed by atoms with van der Waals surface area (Å²) in [5, 5.41) is 0.102. The van der Waals surface area contributed by atoms with Gasteiger partial charge in [-0.15, -0.1) is 0 Å². The van der Waals surface area contributed by atoms with Gasteiger partial charge in [0.2, 0.25) is 0 Å². The Kier molecular flexibility index (Phi) is 3.01. The van der Waals surface area contributed by atoms with Crippen LogP contribution in [0.15, 0.2) is 12.3 Å². The van der Waals surface area contributed by atoms with Gasteiger partial charge in [-0.1, -0.05) is 32.4 Å². The summed E-state index contributed by atoms with van der Waals surface area (Å²) in [6, 6.07) is 0.863. The van der Waals surface area contributed by atoms with Crippen molar-refractivity contribution in [1.82, 2.24) is 4.98 Å². The Morgan fingerprint density at radius 1 is 1.20 bits per heavy atom. The fraction of sp³-hybridized carbons (Fsp3) is 0.500. The van der Waals surface area contributed by atoms with Crippen molar-refractivity contribution in [3.63, 3.8) is 0 Å². The smallest absolute Gasteiger partial charge is 0.251 e. The molecule has 0 bridgehead atoms. The van der Waals surface area contributed by atoms with Gasteiger partial charge in [0, 0.05) is 11.2 Å². The van der Waals surface area contributed by atoms with Gasteiger partial charge in [-0.2, -0.15) is 13.2 Å². The molecule has 1 nitrogen and oxygen atoms in total. The van der Waals surface area contributed by atoms with Gasteiger partial charge in [-0.25, -0.2) is 0 Å². The Hall–Kier alpha value is -0.770. The van der Waals surface area contributed by atoms with Gasteiger partial charge in [0.25, 0.3) is 0 Å². The minimum atomic E-state index is -4.44. The summed E-state index contributed by atoms with van der Waals surface area (Å²) < 4.78 is 36.8. The summed E-state index contributed by atoms with van der Waals surface area (Å²) in [5.74, 6) is 0. The second-order valence-electron chi connectivity index (χ2n) is 4.30. The Bertz CT molecular complexity index is 366. The molecular weight excluding hydrogens is 227 g/mol. The van der Waals surface area contributed by atoms with Gasteiger partial charge in [0.05, 0.1) is 0 Å². The summed E-state index contributed by atoms with van der Waals surface area (Å²) in [6.45, 7) is 5.59. The first-order valence-electron chi connectivity index (χ1n) is 4.35. The van der Waals surface area contributed by atoms with E-state index < -0.39 is 11.9 Å². The Labute approximate surface area is 91.3 Å². The lowest BCUT2D eigenvalue weighted by Crippen LogP contribution is -2.15. The fourth-order valence-electron chi connectivity index (χ4n) is 1.14. The van der Waals surface area contributed by atoms with Crippen LogP contribution < -0.4 is 0 Å². The van der Waals surface area contributed by atoms with Gasteiger partial charge >= 0.3 is 6.18 Å². The van der Waals surface area contributed by atoms with Gasteiger partial charge < -0.3 is 0 Å². The van der Waals surface area contributed by atoms with Crippen molar-refractivity contribution in [3.05, 3.63) is 28.5 Å². The number of rotatable bonds is 0. The maximum absolute atomic E-state index is 12.3. The third-order valence-corrected chi connectivity index (χ3v) is 2.26. The molecule has 15 heavy (non-hydrogen) atoms. The summed E-state index contributed by atoms with van der Waals surface area (Å²) in [4.78, 5) is 3.37. The van der Waals surface area contributed by atoms with Crippen LogP contribution in [0, 0.1) is 0 Å². The third kappa shape index (κ3) is 2.84. The van der Waals surface area contributed by atoms with E-state index in [0.29, 0.717) is 5.56 Å². The highest BCUT2D eigenvalue weighted by atomic mass is 35.5. The molecule has 1 aromatic heterocycles. The van der Waals surface area contributed by atoms with Crippen LogP contribution in [-0.2, 0) is 11.6 Å². The Balaban J connectivity index is 3.21. The molecule has 84 valence electrons. The Morgan fingerprint density at radius 2 is 1.73 bits per heavy atom. The lowest BCUT2D eigenvalue weighted by molar-refractivity contribution is -0.141. The van der Waals surface area contributed by atoms with Crippen molar-refractivity contribution in [3.8, 4) is 0 Å². The molecule has 0 aromatic carbocycles. The SMILES string of the molecule is CC(C)(C)c1cnc(C(F)(F)F)cc1Cl. The molecule has 0 N–H and O–H groups in total. The van der Waals surface area contributed by atoms with Crippen LogP contribution >= 0.6 is 11.6 Å². The highest BCUT2D eigenvalue weighted by molar-refractivity contribution is 6.31. The molecule has 0 aliphatic rings. The van der Waals surface area contributed by atoms with Crippen LogP contribution in [-0.4, -0.2) is 4.98 Å². The standard InChI is InChI=1S/C10H11ClF3N/c1-9(2,3)6-5-15-8(4-7(6)11)10(12,13)14/h4-5H,1-3H3. The lowest BCUT2D eigenvalue weighted by Gasteiger charge is -2.20. The van der Waals surface area contributed by atoms with Crippen LogP contribution in [0.3, 0.4) is 0 Å². The molecular formula is C10H11ClF3N. The average Bonchev–Trinajstić information content (AvgIpc) is 1.99. The van der Waals surface area contributed by atoms with Gasteiger partial charge in [-0.05, 0) is 17.0 Å². The molecule has 0 spiro atoms. The van der Waals surface area contributed by atoms with Crippen LogP contribution in [0.5, 0.6) is 0 Å². The summed E-state index contributed by atoms with van der Waals surface area (Å²) in [6.07, 6.45) is -3.26. The maximum Gasteiger partial charge on any atom is 0.433 e. The number of nitrogens with zero attached hydrogens (tertiary/aromatic N) is 1. The van der Waals surface area contributed by atoms with E-state index in [2.05, 4.69) is 4.98 Å². The largest absolute Gasteiger partial charge is 0.433 e. The van der Waals surface area contributed by atoms with Gasteiger partial charge in [-0.3, -0.25) is 4.98 Å². The van der Waals surface area contributed by atoms with Crippen LogP contribution in [0.4, 0.5) is 13.2 Å². The molecule has 1 aromatic rings. The number of alkyl halides is 3. The molecule has 5 heteroatoms. The fourth-order valence-corrected chi connectivity index (χ4v) is 1.57. The predicted octanol–water partition coefficient (Wildman–Crippen LogP) is 4.05. The quantitative estimate of drug-likeness (QED) is 0.663. The zero-order valence-corrected chi connectivity index (χ0v) is 9.37. The minimum Gasteiger partial charge on any atom is -0.251 e. The van der Waals surface area contributed by atoms with E-state index in [1.165, 1.54) is 6.20 Å². The van der Waals surface area contributed by atoms with Crippen molar-refractivity contribution in [2.75, 3.05) is 0 Å². The van der Waals surface area contributed by atoms with E-state index in [-0.39, 0.29) is 10.4 Å². The first kappa shape index (κ1) is 12.3. The predicted molar refractivity (Wildman–Crippen MR) is 52.9 cm³/mol. The third-order valence-electron chi connectivity index (χ3n) is 1.95. The Morgan fingerprint density at radius 3 is 2.07 bits per heavy atom. The monoisotopic (exact) mass is 237 g/mol. The van der Waals surface area contributed by atoms with Crippen molar-refractivity contribution in [1.29, 1.82) is 0 Å². The average molecular weight is 238 g/mol. The molecule has 0 fully saturated rings. The highest BCUT2D eigenvalue weighted by Gasteiger charge is 2.33. The number of halogens is 4. The van der Waals surface area contributed by atoms with Gasteiger partial charge in [0.15, 0.2) is 0 Å². The molecule has 0 unspecified atom stereocenters. The lowest BCUT2D eigenvalue weighted by atomic mass is 9.88. The van der Waals surface area contributed by atoms with Crippen molar-refractivity contribution >= 4 is 11.6 Å². The van der Waals surface area contributed by atoms with E-state index in [9.17, 15) is 13.2 Å². The van der Waals surface area contributed by atoms with Crippen LogP contribution in [0.25, 0.3) is 0 Å². The second kappa shape index (κ2) is 3.67. The normalized spacial score (nSPS) is 13.0. The minimum absolute atomic E-state index is 0.102. The first-order chi connectivity index (χ1) is 6.62. The molecule has 0 saturated heterocycles. The van der Waals surface area contributed by atoms with Crippen LogP contribution in [0.1, 0.15) is 32.0 Å². The van der Waals surface area contributed by atoms with E-state index in [0.717, 1.165) is 6.07 Å². The van der Waals surface area contributed by atoms with Crippen LogP contribution in [0.2, 0.25) is 5.02 Å². The molecule has 0 atom stereocenters. The van der Waals surface area contributed by atoms with E-state index in [1.807, 2.05) is 20.8 Å². The van der Waals surface area contributed by atoms with E-state index >= 15 is 0 Å². The van der Waals surface area contributed by atoms with E-state index in [4.69, 9.17) is 11.6 Å². The maximum atomic E-state index is 12.3. The first-order valence-corrected chi connectivity index (χ1v) is 4.73. The molecule has 0 aliphatic heterocycles. The zero-order valence-electron chi connectivity index (χ0n) is 8.61. The molecule has 1 heterocycles. The van der Waals surface area contributed by atoms with Gasteiger partial charge in [0.1, 0.15) is 5.69 Å². The molecule has 0 saturated carbocycles. The molecule has 0 radical (unpaired) electrons. The molecule has 1 rings (SSSR count). The topological polar surface area (TPSA) is 12.9 Å². The highest BCUT2D eigenvalue weighted by Crippen LogP contribution is 2.34. The van der Waals surface area contributed by atoms with Crippen molar-refractivity contribution in [2.45, 2.75) is 32.4 Å². The summed E-state index contributed by atoms with van der Waals surface area (Å²) in [7, 11) is 0. The van der Waals surface area contributed by atoms with Crippen molar-refractivity contribution in [2.24, 2.45) is 0 Å².